The fourth-order valence-electron chi connectivity index (χ4n) is 2.59. The summed E-state index contributed by atoms with van der Waals surface area (Å²) in [5, 5.41) is 6.01. The van der Waals surface area contributed by atoms with E-state index in [9.17, 15) is 14.0 Å². The summed E-state index contributed by atoms with van der Waals surface area (Å²) in [4.78, 5) is 26.6. The third kappa shape index (κ3) is 5.67. The number of anilines is 2. The molecule has 0 aliphatic heterocycles. The highest BCUT2D eigenvalue weighted by molar-refractivity contribution is 6.39. The van der Waals surface area contributed by atoms with Gasteiger partial charge in [0.1, 0.15) is 5.82 Å². The van der Waals surface area contributed by atoms with Crippen LogP contribution in [0.3, 0.4) is 0 Å². The minimum Gasteiger partial charge on any atom is -0.325 e. The van der Waals surface area contributed by atoms with Crippen LogP contribution in [0.1, 0.15) is 19.4 Å². The Morgan fingerprint density at radius 2 is 1.79 bits per heavy atom. The van der Waals surface area contributed by atoms with E-state index < -0.39 is 11.9 Å². The number of rotatable bonds is 7. The van der Waals surface area contributed by atoms with Gasteiger partial charge in [-0.05, 0) is 50.2 Å². The number of para-hydroxylation sites is 1. The summed E-state index contributed by atoms with van der Waals surface area (Å²) in [6.45, 7) is 5.59. The molecule has 0 aliphatic carbocycles. The maximum atomic E-state index is 13.7. The van der Waals surface area contributed by atoms with Crippen molar-refractivity contribution in [2.75, 3.05) is 23.7 Å². The van der Waals surface area contributed by atoms with Crippen LogP contribution in [-0.2, 0) is 9.59 Å². The molecule has 0 heterocycles. The van der Waals surface area contributed by atoms with Gasteiger partial charge in [-0.25, -0.2) is 4.39 Å². The van der Waals surface area contributed by atoms with Crippen molar-refractivity contribution in [3.05, 3.63) is 57.8 Å². The number of carbonyl (C=O) groups is 2. The summed E-state index contributed by atoms with van der Waals surface area (Å²) < 4.78 is 13.7. The molecule has 1 atom stereocenters. The van der Waals surface area contributed by atoms with Gasteiger partial charge in [-0.3, -0.25) is 14.5 Å². The van der Waals surface area contributed by atoms with Crippen molar-refractivity contribution < 1.29 is 14.0 Å². The second-order valence-electron chi connectivity index (χ2n) is 6.34. The number of amides is 2. The van der Waals surface area contributed by atoms with Crippen LogP contribution in [-0.4, -0.2) is 35.8 Å². The first-order valence-corrected chi connectivity index (χ1v) is 9.53. The summed E-state index contributed by atoms with van der Waals surface area (Å²) in [7, 11) is 0. The molecule has 2 amide bonds. The van der Waals surface area contributed by atoms with Gasteiger partial charge in [0.2, 0.25) is 11.8 Å². The largest absolute Gasteiger partial charge is 0.325 e. The molecule has 28 heavy (non-hydrogen) atoms. The quantitative estimate of drug-likeness (QED) is 0.673. The molecule has 1 unspecified atom stereocenters. The van der Waals surface area contributed by atoms with Crippen LogP contribution in [0.5, 0.6) is 0 Å². The van der Waals surface area contributed by atoms with E-state index in [4.69, 9.17) is 23.2 Å². The Hall–Kier alpha value is -2.15. The zero-order valence-corrected chi connectivity index (χ0v) is 17.4. The van der Waals surface area contributed by atoms with Crippen LogP contribution in [0.25, 0.3) is 0 Å². The van der Waals surface area contributed by atoms with Crippen molar-refractivity contribution in [1.29, 1.82) is 0 Å². The lowest BCUT2D eigenvalue weighted by atomic mass is 10.2. The lowest BCUT2D eigenvalue weighted by molar-refractivity contribution is -0.123. The third-order valence-electron chi connectivity index (χ3n) is 4.35. The Kier molecular flexibility index (Phi) is 7.80. The van der Waals surface area contributed by atoms with Gasteiger partial charge in [-0.2, -0.15) is 0 Å². The lowest BCUT2D eigenvalue weighted by Crippen LogP contribution is -2.45. The molecule has 2 N–H and O–H groups in total. The predicted octanol–water partition coefficient (Wildman–Crippen LogP) is 4.73. The Morgan fingerprint density at radius 1 is 1.14 bits per heavy atom. The Morgan fingerprint density at radius 3 is 2.36 bits per heavy atom. The molecule has 0 saturated heterocycles. The highest BCUT2D eigenvalue weighted by atomic mass is 35.5. The summed E-state index contributed by atoms with van der Waals surface area (Å²) >= 11 is 12.1. The van der Waals surface area contributed by atoms with Crippen molar-refractivity contribution in [2.45, 2.75) is 26.8 Å². The SMILES string of the molecule is CCN(CC(=O)Nc1c(Cl)cccc1Cl)C(C)C(=O)Nc1ccc(C)c(F)c1. The number of nitrogens with one attached hydrogen (secondary N) is 2. The van der Waals surface area contributed by atoms with E-state index in [1.54, 1.807) is 49.1 Å². The van der Waals surface area contributed by atoms with Gasteiger partial charge >= 0.3 is 0 Å². The van der Waals surface area contributed by atoms with Gasteiger partial charge < -0.3 is 10.6 Å². The van der Waals surface area contributed by atoms with Crippen LogP contribution in [0.15, 0.2) is 36.4 Å². The molecule has 0 aromatic heterocycles. The fourth-order valence-corrected chi connectivity index (χ4v) is 3.08. The Bertz CT molecular complexity index is 856. The van der Waals surface area contributed by atoms with E-state index in [0.717, 1.165) is 0 Å². The molecule has 5 nitrogen and oxygen atoms in total. The summed E-state index contributed by atoms with van der Waals surface area (Å²) in [6, 6.07) is 8.80. The number of hydrogen-bond acceptors (Lipinski definition) is 3. The van der Waals surface area contributed by atoms with Gasteiger partial charge in [0.15, 0.2) is 0 Å². The minimum absolute atomic E-state index is 0.0328. The second kappa shape index (κ2) is 9.87. The summed E-state index contributed by atoms with van der Waals surface area (Å²) in [5.41, 5.74) is 1.19. The first kappa shape index (κ1) is 22.1. The van der Waals surface area contributed by atoms with Crippen molar-refractivity contribution in [3.8, 4) is 0 Å². The zero-order chi connectivity index (χ0) is 20.8. The molecule has 2 rings (SSSR count). The smallest absolute Gasteiger partial charge is 0.241 e. The number of carbonyl (C=O) groups excluding carboxylic acids is 2. The van der Waals surface area contributed by atoms with Crippen molar-refractivity contribution in [2.24, 2.45) is 0 Å². The van der Waals surface area contributed by atoms with E-state index in [-0.39, 0.29) is 18.4 Å². The minimum atomic E-state index is -0.609. The van der Waals surface area contributed by atoms with E-state index in [0.29, 0.717) is 33.5 Å². The first-order chi connectivity index (χ1) is 13.2. The molecule has 8 heteroatoms. The monoisotopic (exact) mass is 425 g/mol. The predicted molar refractivity (Wildman–Crippen MR) is 112 cm³/mol. The van der Waals surface area contributed by atoms with Crippen LogP contribution in [0.4, 0.5) is 15.8 Å². The normalized spacial score (nSPS) is 12.0. The number of aryl methyl sites for hydroxylation is 1. The molecule has 0 radical (unpaired) electrons. The topological polar surface area (TPSA) is 61.4 Å². The van der Waals surface area contributed by atoms with Gasteiger partial charge in [0.25, 0.3) is 0 Å². The molecular weight excluding hydrogens is 404 g/mol. The maximum absolute atomic E-state index is 13.7. The number of nitrogens with zero attached hydrogens (tertiary/aromatic N) is 1. The Labute approximate surface area is 173 Å². The van der Waals surface area contributed by atoms with E-state index in [1.807, 2.05) is 6.92 Å². The van der Waals surface area contributed by atoms with Gasteiger partial charge in [-0.15, -0.1) is 0 Å². The molecule has 2 aromatic carbocycles. The number of halogens is 3. The third-order valence-corrected chi connectivity index (χ3v) is 4.98. The van der Waals surface area contributed by atoms with Gasteiger partial charge in [0, 0.05) is 5.69 Å². The average molecular weight is 426 g/mol. The average Bonchev–Trinajstić information content (AvgIpc) is 2.65. The maximum Gasteiger partial charge on any atom is 0.241 e. The molecule has 0 saturated carbocycles. The standard InChI is InChI=1S/C20H22Cl2FN3O2/c1-4-26(11-18(27)25-19-15(21)6-5-7-16(19)22)13(3)20(28)24-14-9-8-12(2)17(23)10-14/h5-10,13H,4,11H2,1-3H3,(H,24,28)(H,25,27). The summed E-state index contributed by atoms with van der Waals surface area (Å²) in [6.07, 6.45) is 0. The van der Waals surface area contributed by atoms with E-state index in [2.05, 4.69) is 10.6 Å². The van der Waals surface area contributed by atoms with E-state index >= 15 is 0 Å². The Balaban J connectivity index is 2.01. The highest BCUT2D eigenvalue weighted by Crippen LogP contribution is 2.29. The van der Waals surface area contributed by atoms with Crippen LogP contribution < -0.4 is 10.6 Å². The molecule has 150 valence electrons. The molecule has 2 aromatic rings. The van der Waals surface area contributed by atoms with Crippen molar-refractivity contribution in [1.82, 2.24) is 4.90 Å². The second-order valence-corrected chi connectivity index (χ2v) is 7.15. The zero-order valence-electron chi connectivity index (χ0n) is 15.9. The van der Waals surface area contributed by atoms with Crippen molar-refractivity contribution >= 4 is 46.4 Å². The van der Waals surface area contributed by atoms with Crippen LogP contribution >= 0.6 is 23.2 Å². The molecule has 0 aliphatic rings. The molecule has 0 bridgehead atoms. The molecule has 0 fully saturated rings. The van der Waals surface area contributed by atoms with Crippen LogP contribution in [0, 0.1) is 12.7 Å². The lowest BCUT2D eigenvalue weighted by Gasteiger charge is -2.26. The molecular formula is C20H22Cl2FN3O2. The number of likely N-dealkylation sites (N-methyl/N-ethyl adjacent to an activating group) is 1. The summed E-state index contributed by atoms with van der Waals surface area (Å²) in [5.74, 6) is -1.08. The van der Waals surface area contributed by atoms with Gasteiger partial charge in [-0.1, -0.05) is 42.3 Å². The van der Waals surface area contributed by atoms with E-state index in [1.165, 1.54) is 6.07 Å². The van der Waals surface area contributed by atoms with Crippen molar-refractivity contribution in [3.63, 3.8) is 0 Å². The van der Waals surface area contributed by atoms with Gasteiger partial charge in [0.05, 0.1) is 28.3 Å². The number of benzene rings is 2. The first-order valence-electron chi connectivity index (χ1n) is 8.77. The highest BCUT2D eigenvalue weighted by Gasteiger charge is 2.23. The molecule has 0 spiro atoms. The number of hydrogen-bond donors (Lipinski definition) is 2. The van der Waals surface area contributed by atoms with Crippen LogP contribution in [0.2, 0.25) is 10.0 Å². The fraction of sp³-hybridized carbons (Fsp3) is 0.300.